The molecule has 1 heterocycles. The van der Waals surface area contributed by atoms with Crippen molar-refractivity contribution in [1.82, 2.24) is 9.97 Å². The molecule has 0 amide bonds. The van der Waals surface area contributed by atoms with Crippen LogP contribution in [0, 0.1) is 5.92 Å². The van der Waals surface area contributed by atoms with E-state index in [4.69, 9.17) is 0 Å². The van der Waals surface area contributed by atoms with Crippen LogP contribution in [0.15, 0.2) is 6.07 Å². The second kappa shape index (κ2) is 8.77. The molecule has 4 nitrogen and oxygen atoms in total. The molecule has 1 aromatic rings. The molecule has 0 aromatic carbocycles. The topological polar surface area (TPSA) is 49.8 Å². The summed E-state index contributed by atoms with van der Waals surface area (Å²) in [6.07, 6.45) is 4.59. The molecule has 0 spiro atoms. The van der Waals surface area contributed by atoms with E-state index in [2.05, 4.69) is 55.2 Å². The maximum Gasteiger partial charge on any atom is 0.132 e. The van der Waals surface area contributed by atoms with E-state index >= 15 is 0 Å². The molecule has 2 N–H and O–H groups in total. The van der Waals surface area contributed by atoms with Crippen LogP contribution in [0.1, 0.15) is 59.7 Å². The SMILES string of the molecule is CCNc1cc(NC(C)CCCC(C)C)nc(CC)n1. The molecule has 0 fully saturated rings. The molecule has 20 heavy (non-hydrogen) atoms. The average molecular weight is 278 g/mol. The fraction of sp³-hybridized carbons (Fsp3) is 0.750. The predicted molar refractivity (Wildman–Crippen MR) is 87.3 cm³/mol. The van der Waals surface area contributed by atoms with Crippen molar-refractivity contribution in [3.8, 4) is 0 Å². The Bertz CT molecular complexity index is 390. The van der Waals surface area contributed by atoms with Gasteiger partial charge in [0.2, 0.25) is 0 Å². The number of nitrogens with zero attached hydrogens (tertiary/aromatic N) is 2. The van der Waals surface area contributed by atoms with Crippen LogP contribution in [-0.4, -0.2) is 22.6 Å². The van der Waals surface area contributed by atoms with Gasteiger partial charge < -0.3 is 10.6 Å². The lowest BCUT2D eigenvalue weighted by atomic mass is 10.0. The quantitative estimate of drug-likeness (QED) is 0.714. The monoisotopic (exact) mass is 278 g/mol. The standard InChI is InChI=1S/C16H30N4/c1-6-14-19-15(17-7-2)11-16(20-14)18-13(5)10-8-9-12(3)4/h11-13H,6-10H2,1-5H3,(H2,17,18,19,20). The zero-order valence-corrected chi connectivity index (χ0v) is 13.7. The van der Waals surface area contributed by atoms with Crippen molar-refractivity contribution in [2.45, 2.75) is 66.3 Å². The molecule has 4 heteroatoms. The number of aromatic nitrogens is 2. The van der Waals surface area contributed by atoms with Crippen molar-refractivity contribution >= 4 is 11.6 Å². The van der Waals surface area contributed by atoms with E-state index in [9.17, 15) is 0 Å². The second-order valence-electron chi connectivity index (χ2n) is 5.81. The van der Waals surface area contributed by atoms with Gasteiger partial charge in [-0.25, -0.2) is 9.97 Å². The Kier molecular flexibility index (Phi) is 7.34. The van der Waals surface area contributed by atoms with E-state index in [1.807, 2.05) is 6.07 Å². The zero-order chi connectivity index (χ0) is 15.0. The van der Waals surface area contributed by atoms with E-state index in [0.29, 0.717) is 6.04 Å². The Hall–Kier alpha value is -1.32. The summed E-state index contributed by atoms with van der Waals surface area (Å²) < 4.78 is 0. The molecule has 0 aliphatic rings. The lowest BCUT2D eigenvalue weighted by molar-refractivity contribution is 0.520. The number of nitrogens with one attached hydrogen (secondary N) is 2. The molecule has 0 aliphatic carbocycles. The third-order valence-electron chi connectivity index (χ3n) is 3.26. The van der Waals surface area contributed by atoms with Crippen LogP contribution in [-0.2, 0) is 6.42 Å². The lowest BCUT2D eigenvalue weighted by Crippen LogP contribution is -2.17. The van der Waals surface area contributed by atoms with Gasteiger partial charge in [0.05, 0.1) is 0 Å². The van der Waals surface area contributed by atoms with Gasteiger partial charge >= 0.3 is 0 Å². The van der Waals surface area contributed by atoms with Gasteiger partial charge in [0, 0.05) is 25.1 Å². The summed E-state index contributed by atoms with van der Waals surface area (Å²) in [6.45, 7) is 11.8. The van der Waals surface area contributed by atoms with Crippen LogP contribution in [0.25, 0.3) is 0 Å². The summed E-state index contributed by atoms with van der Waals surface area (Å²) in [5.74, 6) is 3.52. The maximum absolute atomic E-state index is 4.56. The summed E-state index contributed by atoms with van der Waals surface area (Å²) in [7, 11) is 0. The van der Waals surface area contributed by atoms with Gasteiger partial charge in [0.15, 0.2) is 0 Å². The summed E-state index contributed by atoms with van der Waals surface area (Å²) in [6, 6.07) is 2.45. The highest BCUT2D eigenvalue weighted by Gasteiger charge is 2.07. The minimum absolute atomic E-state index is 0.447. The number of rotatable bonds is 9. The lowest BCUT2D eigenvalue weighted by Gasteiger charge is -2.16. The van der Waals surface area contributed by atoms with Crippen LogP contribution in [0.5, 0.6) is 0 Å². The van der Waals surface area contributed by atoms with Crippen molar-refractivity contribution in [3.63, 3.8) is 0 Å². The predicted octanol–water partition coefficient (Wildman–Crippen LogP) is 4.10. The van der Waals surface area contributed by atoms with Crippen LogP contribution in [0.2, 0.25) is 0 Å². The van der Waals surface area contributed by atoms with Crippen LogP contribution < -0.4 is 10.6 Å². The Morgan fingerprint density at radius 1 is 1.05 bits per heavy atom. The number of anilines is 2. The van der Waals surface area contributed by atoms with Crippen LogP contribution >= 0.6 is 0 Å². The highest BCUT2D eigenvalue weighted by atomic mass is 15.1. The smallest absolute Gasteiger partial charge is 0.132 e. The first-order chi connectivity index (χ1) is 9.55. The zero-order valence-electron chi connectivity index (χ0n) is 13.7. The molecular weight excluding hydrogens is 248 g/mol. The van der Waals surface area contributed by atoms with E-state index in [1.54, 1.807) is 0 Å². The van der Waals surface area contributed by atoms with Crippen molar-refractivity contribution in [1.29, 1.82) is 0 Å². The van der Waals surface area contributed by atoms with Gasteiger partial charge in [-0.15, -0.1) is 0 Å². The average Bonchev–Trinajstić information content (AvgIpc) is 2.38. The van der Waals surface area contributed by atoms with Gasteiger partial charge in [-0.05, 0) is 26.2 Å². The Balaban J connectivity index is 2.58. The molecule has 0 aliphatic heterocycles. The molecule has 0 radical (unpaired) electrons. The van der Waals surface area contributed by atoms with Gasteiger partial charge in [-0.2, -0.15) is 0 Å². The maximum atomic E-state index is 4.56. The Morgan fingerprint density at radius 3 is 2.35 bits per heavy atom. The first-order valence-corrected chi connectivity index (χ1v) is 7.93. The van der Waals surface area contributed by atoms with E-state index in [1.165, 1.54) is 19.3 Å². The normalized spacial score (nSPS) is 12.5. The Morgan fingerprint density at radius 2 is 1.75 bits per heavy atom. The van der Waals surface area contributed by atoms with Crippen molar-refractivity contribution in [3.05, 3.63) is 11.9 Å². The summed E-state index contributed by atoms with van der Waals surface area (Å²) in [5.41, 5.74) is 0. The van der Waals surface area contributed by atoms with E-state index in [-0.39, 0.29) is 0 Å². The van der Waals surface area contributed by atoms with Crippen molar-refractivity contribution in [2.75, 3.05) is 17.2 Å². The van der Waals surface area contributed by atoms with Gasteiger partial charge in [0.25, 0.3) is 0 Å². The van der Waals surface area contributed by atoms with Crippen molar-refractivity contribution < 1.29 is 0 Å². The van der Waals surface area contributed by atoms with Gasteiger partial charge in [0.1, 0.15) is 17.5 Å². The third kappa shape index (κ3) is 6.22. The summed E-state index contributed by atoms with van der Waals surface area (Å²) in [5, 5.41) is 6.76. The molecule has 0 bridgehead atoms. The molecular formula is C16H30N4. The second-order valence-corrected chi connectivity index (χ2v) is 5.81. The Labute approximate surface area is 123 Å². The van der Waals surface area contributed by atoms with E-state index in [0.717, 1.165) is 36.3 Å². The van der Waals surface area contributed by atoms with Gasteiger partial charge in [-0.3, -0.25) is 0 Å². The van der Waals surface area contributed by atoms with Gasteiger partial charge in [-0.1, -0.05) is 33.6 Å². The number of hydrogen-bond acceptors (Lipinski definition) is 4. The first-order valence-electron chi connectivity index (χ1n) is 7.93. The van der Waals surface area contributed by atoms with E-state index < -0.39 is 0 Å². The fourth-order valence-electron chi connectivity index (χ4n) is 2.16. The summed E-state index contributed by atoms with van der Waals surface area (Å²) in [4.78, 5) is 9.03. The largest absolute Gasteiger partial charge is 0.370 e. The van der Waals surface area contributed by atoms with Crippen LogP contribution in [0.3, 0.4) is 0 Å². The number of aryl methyl sites for hydroxylation is 1. The minimum atomic E-state index is 0.447. The molecule has 1 aromatic heterocycles. The van der Waals surface area contributed by atoms with Crippen LogP contribution in [0.4, 0.5) is 11.6 Å². The minimum Gasteiger partial charge on any atom is -0.370 e. The number of hydrogen-bond donors (Lipinski definition) is 2. The molecule has 0 saturated heterocycles. The molecule has 114 valence electrons. The highest BCUT2D eigenvalue weighted by Crippen LogP contribution is 2.15. The first kappa shape index (κ1) is 16.7. The highest BCUT2D eigenvalue weighted by molar-refractivity contribution is 5.48. The fourth-order valence-corrected chi connectivity index (χ4v) is 2.16. The third-order valence-corrected chi connectivity index (χ3v) is 3.26. The summed E-state index contributed by atoms with van der Waals surface area (Å²) >= 11 is 0. The molecule has 0 saturated carbocycles. The van der Waals surface area contributed by atoms with Crippen molar-refractivity contribution in [2.24, 2.45) is 5.92 Å². The molecule has 1 rings (SSSR count). The molecule has 1 unspecified atom stereocenters. The molecule has 1 atom stereocenters.